The molecule has 0 aliphatic carbocycles. The number of hydrogen-bond acceptors (Lipinski definition) is 4. The number of thioether (sulfide) groups is 1. The van der Waals surface area contributed by atoms with Crippen molar-refractivity contribution in [3.8, 4) is 0 Å². The van der Waals surface area contributed by atoms with Crippen LogP contribution in [-0.4, -0.2) is 31.0 Å². The van der Waals surface area contributed by atoms with Crippen molar-refractivity contribution in [3.05, 3.63) is 35.4 Å². The highest BCUT2D eigenvalue weighted by Crippen LogP contribution is 2.29. The van der Waals surface area contributed by atoms with Crippen molar-refractivity contribution in [3.63, 3.8) is 0 Å². The summed E-state index contributed by atoms with van der Waals surface area (Å²) in [4.78, 5) is 11.6. The van der Waals surface area contributed by atoms with Crippen LogP contribution in [0, 0.1) is 0 Å². The van der Waals surface area contributed by atoms with E-state index in [-0.39, 0.29) is 5.97 Å². The van der Waals surface area contributed by atoms with Gasteiger partial charge in [-0.2, -0.15) is 11.8 Å². The zero-order chi connectivity index (χ0) is 13.0. The van der Waals surface area contributed by atoms with E-state index in [0.29, 0.717) is 16.9 Å². The number of hydrogen-bond donors (Lipinski definition) is 0. The number of benzene rings is 1. The maximum absolute atomic E-state index is 11.6. The predicted octanol–water partition coefficient (Wildman–Crippen LogP) is 2.88. The lowest BCUT2D eigenvalue weighted by atomic mass is 10.1. The second kappa shape index (κ2) is 6.25. The lowest BCUT2D eigenvalue weighted by Gasteiger charge is -2.14. The Morgan fingerprint density at radius 2 is 2.28 bits per heavy atom. The number of rotatable bonds is 4. The molecule has 3 nitrogen and oxygen atoms in total. The number of esters is 1. The molecule has 0 aromatic heterocycles. The van der Waals surface area contributed by atoms with Crippen molar-refractivity contribution >= 4 is 17.7 Å². The molecule has 98 valence electrons. The molecule has 0 bridgehead atoms. The third kappa shape index (κ3) is 3.06. The summed E-state index contributed by atoms with van der Waals surface area (Å²) in [5, 5.41) is 0.524. The Labute approximate surface area is 112 Å². The summed E-state index contributed by atoms with van der Waals surface area (Å²) in [6.45, 7) is 2.95. The van der Waals surface area contributed by atoms with Gasteiger partial charge >= 0.3 is 5.97 Å². The van der Waals surface area contributed by atoms with Crippen LogP contribution in [0.5, 0.6) is 0 Å². The van der Waals surface area contributed by atoms with E-state index in [4.69, 9.17) is 9.47 Å². The van der Waals surface area contributed by atoms with Gasteiger partial charge in [0.1, 0.15) is 0 Å². The van der Waals surface area contributed by atoms with Crippen LogP contribution in [0.25, 0.3) is 0 Å². The molecule has 2 rings (SSSR count). The molecule has 1 aliphatic heterocycles. The lowest BCUT2D eigenvalue weighted by Crippen LogP contribution is -2.14. The minimum Gasteiger partial charge on any atom is -0.465 e. The first-order chi connectivity index (χ1) is 8.72. The van der Waals surface area contributed by atoms with Crippen LogP contribution in [0.15, 0.2) is 24.3 Å². The molecule has 1 aliphatic rings. The van der Waals surface area contributed by atoms with Gasteiger partial charge in [0.05, 0.1) is 18.8 Å². The number of carbonyl (C=O) groups is 1. The van der Waals surface area contributed by atoms with Crippen molar-refractivity contribution in [1.82, 2.24) is 0 Å². The van der Waals surface area contributed by atoms with Crippen LogP contribution in [0.3, 0.4) is 0 Å². The van der Waals surface area contributed by atoms with Gasteiger partial charge in [-0.25, -0.2) is 4.79 Å². The van der Waals surface area contributed by atoms with Gasteiger partial charge < -0.3 is 9.47 Å². The third-order valence-corrected chi connectivity index (χ3v) is 4.71. The average Bonchev–Trinajstić information content (AvgIpc) is 2.81. The minimum atomic E-state index is -0.262. The van der Waals surface area contributed by atoms with Crippen molar-refractivity contribution in [2.75, 3.05) is 13.7 Å². The first kappa shape index (κ1) is 13.4. The Bertz CT molecular complexity index is 419. The molecule has 1 heterocycles. The lowest BCUT2D eigenvalue weighted by molar-refractivity contribution is 0.0600. The van der Waals surface area contributed by atoms with Gasteiger partial charge in [0.25, 0.3) is 0 Å². The molecular formula is C14H18O3S. The van der Waals surface area contributed by atoms with E-state index in [1.165, 1.54) is 7.11 Å². The highest BCUT2D eigenvalue weighted by Gasteiger charge is 2.25. The van der Waals surface area contributed by atoms with E-state index in [1.54, 1.807) is 0 Å². The smallest absolute Gasteiger partial charge is 0.338 e. The van der Waals surface area contributed by atoms with E-state index in [9.17, 15) is 4.79 Å². The summed E-state index contributed by atoms with van der Waals surface area (Å²) in [6.07, 6.45) is 1.40. The summed E-state index contributed by atoms with van der Waals surface area (Å²) >= 11 is 1.85. The summed E-state index contributed by atoms with van der Waals surface area (Å²) in [5.74, 6) is 0.561. The monoisotopic (exact) mass is 266 g/mol. The Morgan fingerprint density at radius 1 is 1.50 bits per heavy atom. The fourth-order valence-electron chi connectivity index (χ4n) is 2.08. The first-order valence-electron chi connectivity index (χ1n) is 6.12. The molecule has 1 saturated heterocycles. The summed E-state index contributed by atoms with van der Waals surface area (Å²) in [6, 6.07) is 7.62. The SMILES string of the molecule is COC(=O)c1ccccc1CSC1CCOC1C. The highest BCUT2D eigenvalue weighted by molar-refractivity contribution is 7.99. The fourth-order valence-corrected chi connectivity index (χ4v) is 3.34. The molecule has 0 N–H and O–H groups in total. The number of ether oxygens (including phenoxy) is 2. The van der Waals surface area contributed by atoms with E-state index < -0.39 is 0 Å². The standard InChI is InChI=1S/C14H18O3S/c1-10-13(7-8-17-10)18-9-11-5-3-4-6-12(11)14(15)16-2/h3-6,10,13H,7-9H2,1-2H3. The van der Waals surface area contributed by atoms with Crippen LogP contribution < -0.4 is 0 Å². The second-order valence-electron chi connectivity index (χ2n) is 4.36. The first-order valence-corrected chi connectivity index (χ1v) is 7.16. The summed E-state index contributed by atoms with van der Waals surface area (Å²) in [7, 11) is 1.42. The molecule has 0 spiro atoms. The van der Waals surface area contributed by atoms with E-state index in [1.807, 2.05) is 36.0 Å². The van der Waals surface area contributed by atoms with Crippen LogP contribution in [0.4, 0.5) is 0 Å². The zero-order valence-corrected chi connectivity index (χ0v) is 11.5. The van der Waals surface area contributed by atoms with Crippen LogP contribution in [0.2, 0.25) is 0 Å². The Balaban J connectivity index is 2.02. The van der Waals surface area contributed by atoms with Gasteiger partial charge in [0.15, 0.2) is 0 Å². The normalized spacial score (nSPS) is 23.0. The molecule has 0 saturated carbocycles. The quantitative estimate of drug-likeness (QED) is 0.785. The van der Waals surface area contributed by atoms with E-state index in [0.717, 1.165) is 24.3 Å². The third-order valence-electron chi connectivity index (χ3n) is 3.18. The Hall–Kier alpha value is -1.00. The minimum absolute atomic E-state index is 0.262. The van der Waals surface area contributed by atoms with E-state index in [2.05, 4.69) is 6.92 Å². The predicted molar refractivity (Wildman–Crippen MR) is 72.9 cm³/mol. The molecule has 18 heavy (non-hydrogen) atoms. The molecule has 2 atom stereocenters. The van der Waals surface area contributed by atoms with Crippen LogP contribution >= 0.6 is 11.8 Å². The molecule has 4 heteroatoms. The summed E-state index contributed by atoms with van der Waals surface area (Å²) < 4.78 is 10.3. The van der Waals surface area contributed by atoms with Gasteiger partial charge in [0, 0.05) is 17.6 Å². The molecule has 2 unspecified atom stereocenters. The van der Waals surface area contributed by atoms with Gasteiger partial charge in [-0.05, 0) is 25.0 Å². The maximum Gasteiger partial charge on any atom is 0.338 e. The number of carbonyl (C=O) groups excluding carboxylic acids is 1. The molecule has 0 radical (unpaired) electrons. The molecule has 1 aromatic rings. The maximum atomic E-state index is 11.6. The van der Waals surface area contributed by atoms with Gasteiger partial charge in [-0.3, -0.25) is 0 Å². The van der Waals surface area contributed by atoms with Gasteiger partial charge in [-0.15, -0.1) is 0 Å². The summed E-state index contributed by atoms with van der Waals surface area (Å²) in [5.41, 5.74) is 1.70. The van der Waals surface area contributed by atoms with Crippen molar-refractivity contribution in [2.24, 2.45) is 0 Å². The molecule has 0 amide bonds. The van der Waals surface area contributed by atoms with Gasteiger partial charge in [-0.1, -0.05) is 18.2 Å². The van der Waals surface area contributed by atoms with Crippen molar-refractivity contribution in [1.29, 1.82) is 0 Å². The van der Waals surface area contributed by atoms with E-state index >= 15 is 0 Å². The molecular weight excluding hydrogens is 248 g/mol. The highest BCUT2D eigenvalue weighted by atomic mass is 32.2. The Morgan fingerprint density at radius 3 is 2.94 bits per heavy atom. The number of methoxy groups -OCH3 is 1. The molecule has 1 aromatic carbocycles. The average molecular weight is 266 g/mol. The van der Waals surface area contributed by atoms with Crippen molar-refractivity contribution in [2.45, 2.75) is 30.5 Å². The molecule has 1 fully saturated rings. The van der Waals surface area contributed by atoms with Crippen LogP contribution in [0.1, 0.15) is 29.3 Å². The largest absolute Gasteiger partial charge is 0.465 e. The van der Waals surface area contributed by atoms with Crippen LogP contribution in [-0.2, 0) is 15.2 Å². The fraction of sp³-hybridized carbons (Fsp3) is 0.500. The zero-order valence-electron chi connectivity index (χ0n) is 10.7. The Kier molecular flexibility index (Phi) is 4.66. The van der Waals surface area contributed by atoms with Gasteiger partial charge in [0.2, 0.25) is 0 Å². The second-order valence-corrected chi connectivity index (χ2v) is 5.59. The van der Waals surface area contributed by atoms with Crippen molar-refractivity contribution < 1.29 is 14.3 Å². The topological polar surface area (TPSA) is 35.5 Å².